The van der Waals surface area contributed by atoms with Gasteiger partial charge in [0, 0.05) is 30.7 Å². The van der Waals surface area contributed by atoms with E-state index in [-0.39, 0.29) is 17.2 Å². The van der Waals surface area contributed by atoms with Crippen molar-refractivity contribution in [2.75, 3.05) is 24.6 Å². The fourth-order valence-corrected chi connectivity index (χ4v) is 2.39. The van der Waals surface area contributed by atoms with Crippen molar-refractivity contribution in [3.8, 4) is 0 Å². The summed E-state index contributed by atoms with van der Waals surface area (Å²) in [5.74, 6) is 0.616. The molecule has 1 aliphatic heterocycles. The molecule has 1 fully saturated rings. The Balaban J connectivity index is 2.10. The number of carbonyl (C=O) groups excluding carboxylic acids is 1. The lowest BCUT2D eigenvalue weighted by atomic mass is 10.3. The van der Waals surface area contributed by atoms with E-state index in [1.54, 1.807) is 16.7 Å². The van der Waals surface area contributed by atoms with Gasteiger partial charge in [-0.2, -0.15) is 11.8 Å². The quantitative estimate of drug-likeness (QED) is 0.841. The molecule has 1 aromatic rings. The van der Waals surface area contributed by atoms with Gasteiger partial charge >= 0.3 is 5.97 Å². The van der Waals surface area contributed by atoms with E-state index < -0.39 is 5.97 Å². The molecule has 0 unspecified atom stereocenters. The van der Waals surface area contributed by atoms with Crippen molar-refractivity contribution in [3.05, 3.63) is 23.7 Å². The third-order valence-electron chi connectivity index (χ3n) is 2.36. The molecule has 1 saturated heterocycles. The molecule has 1 aromatic heterocycles. The van der Waals surface area contributed by atoms with Crippen molar-refractivity contribution in [1.29, 1.82) is 0 Å². The fraction of sp³-hybridized carbons (Fsp3) is 0.400. The van der Waals surface area contributed by atoms with Crippen molar-refractivity contribution in [1.82, 2.24) is 4.90 Å². The summed E-state index contributed by atoms with van der Waals surface area (Å²) in [7, 11) is 0. The first-order valence-electron chi connectivity index (χ1n) is 4.87. The van der Waals surface area contributed by atoms with Gasteiger partial charge in [-0.15, -0.1) is 0 Å². The van der Waals surface area contributed by atoms with E-state index in [4.69, 9.17) is 9.52 Å². The lowest BCUT2D eigenvalue weighted by molar-refractivity contribution is 0.0694. The summed E-state index contributed by atoms with van der Waals surface area (Å²) >= 11 is 1.80. The summed E-state index contributed by atoms with van der Waals surface area (Å²) in [5.41, 5.74) is 0.00901. The van der Waals surface area contributed by atoms with Gasteiger partial charge in [-0.1, -0.05) is 0 Å². The Hall–Kier alpha value is -1.43. The lowest BCUT2D eigenvalue weighted by Crippen LogP contribution is -2.37. The molecule has 0 spiro atoms. The average Bonchev–Trinajstić information content (AvgIpc) is 2.78. The minimum Gasteiger partial charge on any atom is -0.478 e. The molecule has 5 nitrogen and oxygen atoms in total. The molecule has 0 atom stereocenters. The molecule has 1 amide bonds. The number of hydrogen-bond acceptors (Lipinski definition) is 4. The van der Waals surface area contributed by atoms with Gasteiger partial charge in [-0.25, -0.2) is 4.79 Å². The van der Waals surface area contributed by atoms with Crippen LogP contribution in [0.1, 0.15) is 20.9 Å². The molecule has 0 aromatic carbocycles. The molecule has 0 radical (unpaired) electrons. The van der Waals surface area contributed by atoms with Crippen LogP contribution in [0.15, 0.2) is 16.7 Å². The van der Waals surface area contributed by atoms with Gasteiger partial charge in [-0.05, 0) is 0 Å². The number of carbonyl (C=O) groups is 2. The van der Waals surface area contributed by atoms with Crippen LogP contribution < -0.4 is 0 Å². The first-order valence-corrected chi connectivity index (χ1v) is 6.03. The second-order valence-corrected chi connectivity index (χ2v) is 4.63. The maximum atomic E-state index is 11.9. The van der Waals surface area contributed by atoms with Crippen LogP contribution in [-0.4, -0.2) is 46.5 Å². The molecule has 86 valence electrons. The van der Waals surface area contributed by atoms with Crippen molar-refractivity contribution in [3.63, 3.8) is 0 Å². The number of carboxylic acid groups (broad SMARTS) is 1. The maximum absolute atomic E-state index is 11.9. The number of thioether (sulfide) groups is 1. The predicted octanol–water partition coefficient (Wildman–Crippen LogP) is 1.17. The number of furan rings is 1. The molecule has 2 heterocycles. The Kier molecular flexibility index (Phi) is 3.19. The normalized spacial score (nSPS) is 16.1. The Morgan fingerprint density at radius 1 is 1.38 bits per heavy atom. The van der Waals surface area contributed by atoms with E-state index in [9.17, 15) is 9.59 Å². The van der Waals surface area contributed by atoms with Crippen LogP contribution in [0, 0.1) is 0 Å². The van der Waals surface area contributed by atoms with Crippen LogP contribution in [0.2, 0.25) is 0 Å². The van der Waals surface area contributed by atoms with E-state index in [1.807, 2.05) is 0 Å². The lowest BCUT2D eigenvalue weighted by Gasteiger charge is -2.25. The third kappa shape index (κ3) is 2.21. The van der Waals surface area contributed by atoms with Crippen molar-refractivity contribution < 1.29 is 19.1 Å². The molecule has 16 heavy (non-hydrogen) atoms. The highest BCUT2D eigenvalue weighted by Crippen LogP contribution is 2.15. The number of aromatic carboxylic acids is 1. The molecular formula is C10H11NO4S. The second-order valence-electron chi connectivity index (χ2n) is 3.41. The van der Waals surface area contributed by atoms with Crippen LogP contribution in [0.3, 0.4) is 0 Å². The SMILES string of the molecule is O=C(O)c1coc(C(=O)N2CCSCC2)c1. The van der Waals surface area contributed by atoms with Crippen molar-refractivity contribution in [2.45, 2.75) is 0 Å². The number of hydrogen-bond donors (Lipinski definition) is 1. The predicted molar refractivity (Wildman–Crippen MR) is 58.9 cm³/mol. The van der Waals surface area contributed by atoms with Gasteiger partial charge in [0.1, 0.15) is 6.26 Å². The summed E-state index contributed by atoms with van der Waals surface area (Å²) in [5, 5.41) is 8.70. The molecule has 0 aliphatic carbocycles. The fourth-order valence-electron chi connectivity index (χ4n) is 1.48. The highest BCUT2D eigenvalue weighted by atomic mass is 32.2. The standard InChI is InChI=1S/C10H11NO4S/c12-9(11-1-3-16-4-2-11)8-5-7(6-15-8)10(13)14/h5-6H,1-4H2,(H,13,14). The summed E-state index contributed by atoms with van der Waals surface area (Å²) in [4.78, 5) is 24.2. The third-order valence-corrected chi connectivity index (χ3v) is 3.30. The highest BCUT2D eigenvalue weighted by Gasteiger charge is 2.22. The van der Waals surface area contributed by atoms with E-state index in [2.05, 4.69) is 0 Å². The molecular weight excluding hydrogens is 230 g/mol. The van der Waals surface area contributed by atoms with Crippen LogP contribution in [0.4, 0.5) is 0 Å². The zero-order valence-electron chi connectivity index (χ0n) is 8.51. The first kappa shape index (κ1) is 11.1. The van der Waals surface area contributed by atoms with Gasteiger partial charge in [0.25, 0.3) is 5.91 Å². The van der Waals surface area contributed by atoms with Gasteiger partial charge in [-0.3, -0.25) is 4.79 Å². The topological polar surface area (TPSA) is 70.7 Å². The summed E-state index contributed by atoms with van der Waals surface area (Å²) in [6.45, 7) is 1.37. The summed E-state index contributed by atoms with van der Waals surface area (Å²) in [6.07, 6.45) is 1.09. The summed E-state index contributed by atoms with van der Waals surface area (Å²) < 4.78 is 4.96. The Morgan fingerprint density at radius 2 is 2.06 bits per heavy atom. The van der Waals surface area contributed by atoms with Crippen molar-refractivity contribution >= 4 is 23.6 Å². The average molecular weight is 241 g/mol. The Bertz CT molecular complexity index is 409. The van der Waals surface area contributed by atoms with E-state index in [1.165, 1.54) is 6.07 Å². The highest BCUT2D eigenvalue weighted by molar-refractivity contribution is 7.99. The zero-order chi connectivity index (χ0) is 11.5. The minimum absolute atomic E-state index is 0.00901. The monoisotopic (exact) mass is 241 g/mol. The molecule has 6 heteroatoms. The van der Waals surface area contributed by atoms with Gasteiger partial charge < -0.3 is 14.4 Å². The maximum Gasteiger partial charge on any atom is 0.338 e. The second kappa shape index (κ2) is 4.61. The van der Waals surface area contributed by atoms with Crippen LogP contribution in [-0.2, 0) is 0 Å². The van der Waals surface area contributed by atoms with Gasteiger partial charge in [0.2, 0.25) is 0 Å². The number of amides is 1. The Labute approximate surface area is 96.4 Å². The van der Waals surface area contributed by atoms with Crippen LogP contribution >= 0.6 is 11.8 Å². The molecule has 2 rings (SSSR count). The molecule has 0 saturated carbocycles. The van der Waals surface area contributed by atoms with Gasteiger partial charge in [0.05, 0.1) is 5.56 Å². The number of carboxylic acids is 1. The first-order chi connectivity index (χ1) is 7.68. The van der Waals surface area contributed by atoms with E-state index >= 15 is 0 Å². The molecule has 0 bridgehead atoms. The van der Waals surface area contributed by atoms with E-state index in [0.717, 1.165) is 17.8 Å². The minimum atomic E-state index is -1.09. The van der Waals surface area contributed by atoms with Crippen molar-refractivity contribution in [2.24, 2.45) is 0 Å². The largest absolute Gasteiger partial charge is 0.478 e. The Morgan fingerprint density at radius 3 is 2.62 bits per heavy atom. The van der Waals surface area contributed by atoms with E-state index in [0.29, 0.717) is 13.1 Å². The number of rotatable bonds is 2. The van der Waals surface area contributed by atoms with Crippen LogP contribution in [0.5, 0.6) is 0 Å². The van der Waals surface area contributed by atoms with Crippen LogP contribution in [0.25, 0.3) is 0 Å². The summed E-state index contributed by atoms with van der Waals surface area (Å²) in [6, 6.07) is 1.27. The smallest absolute Gasteiger partial charge is 0.338 e. The molecule has 1 aliphatic rings. The molecule has 1 N–H and O–H groups in total. The zero-order valence-corrected chi connectivity index (χ0v) is 9.33. The number of nitrogens with zero attached hydrogens (tertiary/aromatic N) is 1. The van der Waals surface area contributed by atoms with Gasteiger partial charge in [0.15, 0.2) is 5.76 Å².